The molecule has 0 saturated heterocycles. The van der Waals surface area contributed by atoms with Crippen LogP contribution in [0.3, 0.4) is 0 Å². The third-order valence-corrected chi connectivity index (χ3v) is 4.41. The van der Waals surface area contributed by atoms with E-state index in [0.717, 1.165) is 16.7 Å². The smallest absolute Gasteiger partial charge is 0.247 e. The van der Waals surface area contributed by atoms with Gasteiger partial charge in [0, 0.05) is 18.5 Å². The molecular weight excluding hydrogens is 274 g/mol. The molecule has 1 aromatic heterocycles. The zero-order valence-electron chi connectivity index (χ0n) is 11.5. The SMILES string of the molecule is CCc1c(Cc2ccc(=O)[nH]c2)cccc1S(C)(=O)=O. The van der Waals surface area contributed by atoms with Gasteiger partial charge in [-0.05, 0) is 35.6 Å². The Labute approximate surface area is 118 Å². The maximum absolute atomic E-state index is 11.8. The molecule has 1 aromatic carbocycles. The van der Waals surface area contributed by atoms with Crippen LogP contribution in [0.4, 0.5) is 0 Å². The average Bonchev–Trinajstić information content (AvgIpc) is 2.40. The molecule has 5 heteroatoms. The molecule has 0 spiro atoms. The molecule has 20 heavy (non-hydrogen) atoms. The summed E-state index contributed by atoms with van der Waals surface area (Å²) in [5, 5.41) is 0. The van der Waals surface area contributed by atoms with E-state index in [4.69, 9.17) is 0 Å². The van der Waals surface area contributed by atoms with Gasteiger partial charge in [-0.15, -0.1) is 0 Å². The van der Waals surface area contributed by atoms with Gasteiger partial charge in [-0.1, -0.05) is 25.1 Å². The Kier molecular flexibility index (Phi) is 4.09. The van der Waals surface area contributed by atoms with Crippen LogP contribution in [0.5, 0.6) is 0 Å². The Morgan fingerprint density at radius 2 is 1.90 bits per heavy atom. The number of rotatable bonds is 4. The molecular formula is C15H17NO3S. The van der Waals surface area contributed by atoms with Crippen LogP contribution in [-0.2, 0) is 22.7 Å². The zero-order valence-corrected chi connectivity index (χ0v) is 12.3. The summed E-state index contributed by atoms with van der Waals surface area (Å²) in [6.45, 7) is 1.94. The Balaban J connectivity index is 2.47. The van der Waals surface area contributed by atoms with Gasteiger partial charge in [0.15, 0.2) is 9.84 Å². The normalized spacial score (nSPS) is 11.5. The van der Waals surface area contributed by atoms with Crippen LogP contribution in [-0.4, -0.2) is 19.7 Å². The predicted octanol–water partition coefficient (Wildman–Crippen LogP) is 1.93. The second-order valence-electron chi connectivity index (χ2n) is 4.76. The molecule has 2 rings (SSSR count). The minimum atomic E-state index is -3.22. The lowest BCUT2D eigenvalue weighted by Crippen LogP contribution is -2.07. The molecule has 0 unspecified atom stereocenters. The summed E-state index contributed by atoms with van der Waals surface area (Å²) in [5.74, 6) is 0. The maximum Gasteiger partial charge on any atom is 0.247 e. The van der Waals surface area contributed by atoms with Gasteiger partial charge < -0.3 is 4.98 Å². The molecule has 4 nitrogen and oxygen atoms in total. The number of aromatic nitrogens is 1. The van der Waals surface area contributed by atoms with Gasteiger partial charge >= 0.3 is 0 Å². The van der Waals surface area contributed by atoms with Crippen molar-refractivity contribution in [1.29, 1.82) is 0 Å². The number of nitrogens with one attached hydrogen (secondary N) is 1. The Bertz CT molecular complexity index is 755. The van der Waals surface area contributed by atoms with E-state index in [-0.39, 0.29) is 5.56 Å². The number of aromatic amines is 1. The summed E-state index contributed by atoms with van der Waals surface area (Å²) < 4.78 is 23.6. The zero-order chi connectivity index (χ0) is 14.8. The van der Waals surface area contributed by atoms with Crippen molar-refractivity contribution in [2.75, 3.05) is 6.26 Å². The molecule has 0 radical (unpaired) electrons. The van der Waals surface area contributed by atoms with Crippen LogP contribution in [0.2, 0.25) is 0 Å². The van der Waals surface area contributed by atoms with Crippen LogP contribution < -0.4 is 5.56 Å². The van der Waals surface area contributed by atoms with E-state index in [1.807, 2.05) is 13.0 Å². The molecule has 1 heterocycles. The summed E-state index contributed by atoms with van der Waals surface area (Å²) in [5.41, 5.74) is 2.63. The molecule has 0 bridgehead atoms. The number of hydrogen-bond donors (Lipinski definition) is 1. The summed E-state index contributed by atoms with van der Waals surface area (Å²) in [6.07, 6.45) is 4.14. The molecule has 0 aliphatic rings. The van der Waals surface area contributed by atoms with Crippen LogP contribution >= 0.6 is 0 Å². The van der Waals surface area contributed by atoms with Crippen molar-refractivity contribution in [1.82, 2.24) is 4.98 Å². The van der Waals surface area contributed by atoms with E-state index in [2.05, 4.69) is 4.98 Å². The first-order valence-corrected chi connectivity index (χ1v) is 8.29. The van der Waals surface area contributed by atoms with E-state index >= 15 is 0 Å². The first-order chi connectivity index (χ1) is 9.41. The van der Waals surface area contributed by atoms with Crippen molar-refractivity contribution in [3.63, 3.8) is 0 Å². The number of sulfone groups is 1. The van der Waals surface area contributed by atoms with Gasteiger partial charge in [-0.25, -0.2) is 8.42 Å². The monoisotopic (exact) mass is 291 g/mol. The quantitative estimate of drug-likeness (QED) is 0.936. The average molecular weight is 291 g/mol. The van der Waals surface area contributed by atoms with Crippen molar-refractivity contribution in [2.45, 2.75) is 24.7 Å². The van der Waals surface area contributed by atoms with E-state index in [1.165, 1.54) is 12.3 Å². The second-order valence-corrected chi connectivity index (χ2v) is 6.74. The van der Waals surface area contributed by atoms with Crippen LogP contribution in [0.25, 0.3) is 0 Å². The van der Waals surface area contributed by atoms with Crippen molar-refractivity contribution in [2.24, 2.45) is 0 Å². The minimum Gasteiger partial charge on any atom is -0.329 e. The van der Waals surface area contributed by atoms with Gasteiger partial charge in [-0.3, -0.25) is 4.79 Å². The number of hydrogen-bond acceptors (Lipinski definition) is 3. The van der Waals surface area contributed by atoms with Crippen molar-refractivity contribution in [3.8, 4) is 0 Å². The van der Waals surface area contributed by atoms with E-state index in [1.54, 1.807) is 24.4 Å². The highest BCUT2D eigenvalue weighted by atomic mass is 32.2. The highest BCUT2D eigenvalue weighted by Gasteiger charge is 2.15. The van der Waals surface area contributed by atoms with Gasteiger partial charge in [0.2, 0.25) is 5.56 Å². The lowest BCUT2D eigenvalue weighted by molar-refractivity contribution is 0.600. The Hall–Kier alpha value is -1.88. The molecule has 0 amide bonds. The van der Waals surface area contributed by atoms with Crippen LogP contribution in [0.1, 0.15) is 23.6 Å². The fourth-order valence-electron chi connectivity index (χ4n) is 2.30. The molecule has 0 saturated carbocycles. The third-order valence-electron chi connectivity index (χ3n) is 3.23. The lowest BCUT2D eigenvalue weighted by atomic mass is 9.99. The molecule has 2 aromatic rings. The summed E-state index contributed by atoms with van der Waals surface area (Å²) in [4.78, 5) is 14.1. The fourth-order valence-corrected chi connectivity index (χ4v) is 3.35. The Morgan fingerprint density at radius 1 is 1.15 bits per heavy atom. The molecule has 0 aliphatic heterocycles. The van der Waals surface area contributed by atoms with E-state index < -0.39 is 9.84 Å². The van der Waals surface area contributed by atoms with Crippen molar-refractivity contribution < 1.29 is 8.42 Å². The first kappa shape index (κ1) is 14.5. The van der Waals surface area contributed by atoms with Gasteiger partial charge in [0.25, 0.3) is 0 Å². The van der Waals surface area contributed by atoms with Crippen molar-refractivity contribution in [3.05, 3.63) is 63.6 Å². The second kappa shape index (κ2) is 5.63. The maximum atomic E-state index is 11.8. The van der Waals surface area contributed by atoms with Crippen LogP contribution in [0, 0.1) is 0 Å². The molecule has 1 N–H and O–H groups in total. The van der Waals surface area contributed by atoms with Gasteiger partial charge in [0.05, 0.1) is 4.90 Å². The highest BCUT2D eigenvalue weighted by Crippen LogP contribution is 2.22. The minimum absolute atomic E-state index is 0.144. The van der Waals surface area contributed by atoms with E-state index in [0.29, 0.717) is 17.7 Å². The van der Waals surface area contributed by atoms with Gasteiger partial charge in [-0.2, -0.15) is 0 Å². The standard InChI is InChI=1S/C15H17NO3S/c1-3-13-12(5-4-6-14(13)20(2,18)19)9-11-7-8-15(17)16-10-11/h4-8,10H,3,9H2,1-2H3,(H,16,17). The number of H-pyrrole nitrogens is 1. The summed E-state index contributed by atoms with van der Waals surface area (Å²) in [6, 6.07) is 8.56. The third kappa shape index (κ3) is 3.17. The largest absolute Gasteiger partial charge is 0.329 e. The summed E-state index contributed by atoms with van der Waals surface area (Å²) >= 11 is 0. The Morgan fingerprint density at radius 3 is 2.45 bits per heavy atom. The number of benzene rings is 1. The van der Waals surface area contributed by atoms with Gasteiger partial charge in [0.1, 0.15) is 0 Å². The number of pyridine rings is 1. The molecule has 0 atom stereocenters. The molecule has 0 aliphatic carbocycles. The van der Waals surface area contributed by atoms with Crippen molar-refractivity contribution >= 4 is 9.84 Å². The highest BCUT2D eigenvalue weighted by molar-refractivity contribution is 7.90. The van der Waals surface area contributed by atoms with E-state index in [9.17, 15) is 13.2 Å². The fraction of sp³-hybridized carbons (Fsp3) is 0.267. The molecule has 0 fully saturated rings. The predicted molar refractivity (Wildman–Crippen MR) is 78.8 cm³/mol. The molecule has 106 valence electrons. The lowest BCUT2D eigenvalue weighted by Gasteiger charge is -2.12. The first-order valence-electron chi connectivity index (χ1n) is 6.40. The summed E-state index contributed by atoms with van der Waals surface area (Å²) in [7, 11) is -3.22. The topological polar surface area (TPSA) is 67.0 Å². The van der Waals surface area contributed by atoms with Crippen LogP contribution in [0.15, 0.2) is 46.2 Å².